The van der Waals surface area contributed by atoms with E-state index < -0.39 is 24.1 Å². The van der Waals surface area contributed by atoms with Gasteiger partial charge in [-0.15, -0.1) is 0 Å². The predicted octanol–water partition coefficient (Wildman–Crippen LogP) is 6.33. The van der Waals surface area contributed by atoms with Crippen LogP contribution in [0.15, 0.2) is 51.7 Å². The zero-order valence-corrected chi connectivity index (χ0v) is 19.7. The molecule has 4 rings (SSSR count). The predicted molar refractivity (Wildman–Crippen MR) is 128 cm³/mol. The first-order valence-electron chi connectivity index (χ1n) is 10.6. The average molecular weight is 500 g/mol. The van der Waals surface area contributed by atoms with Gasteiger partial charge in [0.05, 0.1) is 17.1 Å². The number of halogens is 3. The van der Waals surface area contributed by atoms with Gasteiger partial charge in [-0.3, -0.25) is 4.79 Å². The third-order valence-electron chi connectivity index (χ3n) is 5.52. The van der Waals surface area contributed by atoms with E-state index in [0.29, 0.717) is 10.9 Å². The van der Waals surface area contributed by atoms with E-state index >= 15 is 0 Å². The van der Waals surface area contributed by atoms with Gasteiger partial charge in [0.25, 0.3) is 6.43 Å². The van der Waals surface area contributed by atoms with Crippen LogP contribution in [-0.4, -0.2) is 21.0 Å². The highest BCUT2D eigenvalue weighted by Gasteiger charge is 2.22. The smallest absolute Gasteiger partial charge is 0.356 e. The molecule has 0 aliphatic rings. The van der Waals surface area contributed by atoms with E-state index in [4.69, 9.17) is 16.0 Å². The first-order valence-corrected chi connectivity index (χ1v) is 10.9. The van der Waals surface area contributed by atoms with Crippen LogP contribution in [0.4, 0.5) is 14.5 Å². The number of alkyl halides is 2. The van der Waals surface area contributed by atoms with Crippen LogP contribution in [0, 0.1) is 13.8 Å². The number of anilines is 1. The van der Waals surface area contributed by atoms with Crippen LogP contribution >= 0.6 is 11.6 Å². The summed E-state index contributed by atoms with van der Waals surface area (Å²) in [6, 6.07) is 10.0. The Labute approximate surface area is 203 Å². The molecule has 0 radical (unpaired) electrons. The van der Waals surface area contributed by atoms with Crippen molar-refractivity contribution < 1.29 is 23.1 Å². The molecule has 7 nitrogen and oxygen atoms in total. The summed E-state index contributed by atoms with van der Waals surface area (Å²) < 4.78 is 32.6. The minimum atomic E-state index is -2.78. The molecule has 0 unspecified atom stereocenters. The standard InChI is InChI=1S/C25H20ClF2N3O4/c1-11-9-14(13(3)29-16-7-8-19(26)31-20(16)25(33)34)23-15(10-11)21(32)12(2)22(35-23)17-5-4-6-18(30-17)24(27)28/h4-10,13,24,29H,1-3H3,(H,33,34)/t13-/m1/s1. The van der Waals surface area contributed by atoms with E-state index in [-0.39, 0.29) is 44.6 Å². The molecular formula is C25H20ClF2N3O4. The number of nitrogens with one attached hydrogen (secondary N) is 1. The molecule has 1 aromatic carbocycles. The Kier molecular flexibility index (Phi) is 6.53. The Morgan fingerprint density at radius 3 is 2.57 bits per heavy atom. The molecule has 0 amide bonds. The number of carboxylic acids is 1. The summed E-state index contributed by atoms with van der Waals surface area (Å²) in [6.07, 6.45) is -2.78. The van der Waals surface area contributed by atoms with Crippen molar-refractivity contribution in [3.8, 4) is 11.5 Å². The van der Waals surface area contributed by atoms with Crippen LogP contribution in [0.5, 0.6) is 0 Å². The number of fused-ring (bicyclic) bond motifs is 1. The largest absolute Gasteiger partial charge is 0.476 e. The Hall–Kier alpha value is -3.85. The lowest BCUT2D eigenvalue weighted by atomic mass is 9.99. The second-order valence-corrected chi connectivity index (χ2v) is 8.45. The van der Waals surface area contributed by atoms with E-state index in [0.717, 1.165) is 5.56 Å². The number of carboxylic acid groups (broad SMARTS) is 1. The molecule has 0 aliphatic heterocycles. The summed E-state index contributed by atoms with van der Waals surface area (Å²) in [4.78, 5) is 32.7. The molecule has 1 atom stereocenters. The molecule has 0 saturated heterocycles. The average Bonchev–Trinajstić information content (AvgIpc) is 2.82. The summed E-state index contributed by atoms with van der Waals surface area (Å²) in [5.41, 5.74) is 1.16. The van der Waals surface area contributed by atoms with E-state index in [1.54, 1.807) is 26.0 Å². The molecule has 10 heteroatoms. The number of hydrogen-bond acceptors (Lipinski definition) is 6. The van der Waals surface area contributed by atoms with Crippen LogP contribution < -0.4 is 10.7 Å². The lowest BCUT2D eigenvalue weighted by Crippen LogP contribution is -2.15. The lowest BCUT2D eigenvalue weighted by Gasteiger charge is -2.19. The second kappa shape index (κ2) is 9.42. The molecule has 0 spiro atoms. The first kappa shape index (κ1) is 24.3. The van der Waals surface area contributed by atoms with Crippen LogP contribution in [0.2, 0.25) is 5.15 Å². The van der Waals surface area contributed by atoms with Gasteiger partial charge in [-0.05, 0) is 56.7 Å². The van der Waals surface area contributed by atoms with Crippen molar-refractivity contribution in [2.45, 2.75) is 33.2 Å². The monoisotopic (exact) mass is 499 g/mol. The number of aromatic carboxylic acids is 1. The van der Waals surface area contributed by atoms with Gasteiger partial charge in [0.15, 0.2) is 16.9 Å². The van der Waals surface area contributed by atoms with Crippen molar-refractivity contribution in [1.82, 2.24) is 9.97 Å². The normalized spacial score (nSPS) is 12.2. The quantitative estimate of drug-likeness (QED) is 0.299. The number of rotatable bonds is 6. The highest BCUT2D eigenvalue weighted by Crippen LogP contribution is 2.33. The van der Waals surface area contributed by atoms with Gasteiger partial charge in [-0.1, -0.05) is 23.7 Å². The van der Waals surface area contributed by atoms with Gasteiger partial charge in [0.2, 0.25) is 0 Å². The minimum Gasteiger partial charge on any atom is -0.476 e. The molecule has 2 N–H and O–H groups in total. The molecule has 3 aromatic heterocycles. The van der Waals surface area contributed by atoms with Gasteiger partial charge in [-0.2, -0.15) is 0 Å². The maximum Gasteiger partial charge on any atom is 0.356 e. The van der Waals surface area contributed by atoms with Gasteiger partial charge in [0.1, 0.15) is 22.1 Å². The molecule has 0 fully saturated rings. The fourth-order valence-electron chi connectivity index (χ4n) is 3.86. The number of benzene rings is 1. The number of hydrogen-bond donors (Lipinski definition) is 2. The number of aromatic nitrogens is 2. The van der Waals surface area contributed by atoms with Crippen molar-refractivity contribution in [2.24, 2.45) is 0 Å². The lowest BCUT2D eigenvalue weighted by molar-refractivity contribution is 0.0691. The molecule has 3 heterocycles. The molecule has 4 aromatic rings. The Balaban J connectivity index is 1.89. The summed E-state index contributed by atoms with van der Waals surface area (Å²) in [5.74, 6) is -1.17. The van der Waals surface area contributed by atoms with Gasteiger partial charge in [0, 0.05) is 11.1 Å². The van der Waals surface area contributed by atoms with Crippen LogP contribution in [-0.2, 0) is 0 Å². The minimum absolute atomic E-state index is 0.0336. The van der Waals surface area contributed by atoms with E-state index in [1.807, 2.05) is 6.92 Å². The van der Waals surface area contributed by atoms with Crippen molar-refractivity contribution in [2.75, 3.05) is 5.32 Å². The second-order valence-electron chi connectivity index (χ2n) is 8.07. The van der Waals surface area contributed by atoms with Gasteiger partial charge >= 0.3 is 5.97 Å². The molecule has 0 bridgehead atoms. The van der Waals surface area contributed by atoms with Crippen molar-refractivity contribution in [3.63, 3.8) is 0 Å². The number of nitrogens with zero attached hydrogens (tertiary/aromatic N) is 2. The van der Waals surface area contributed by atoms with Crippen LogP contribution in [0.3, 0.4) is 0 Å². The van der Waals surface area contributed by atoms with Crippen molar-refractivity contribution in [3.05, 3.63) is 85.9 Å². The van der Waals surface area contributed by atoms with Crippen LogP contribution in [0.25, 0.3) is 22.4 Å². The molecular weight excluding hydrogens is 480 g/mol. The third-order valence-corrected chi connectivity index (χ3v) is 5.73. The zero-order chi connectivity index (χ0) is 25.4. The maximum absolute atomic E-state index is 13.2. The fourth-order valence-corrected chi connectivity index (χ4v) is 4.01. The van der Waals surface area contributed by atoms with Crippen molar-refractivity contribution >= 4 is 34.2 Å². The van der Waals surface area contributed by atoms with Gasteiger partial charge in [-0.25, -0.2) is 23.5 Å². The summed E-state index contributed by atoms with van der Waals surface area (Å²) in [7, 11) is 0. The van der Waals surface area contributed by atoms with E-state index in [9.17, 15) is 23.5 Å². The Morgan fingerprint density at radius 2 is 1.89 bits per heavy atom. The maximum atomic E-state index is 13.2. The highest BCUT2D eigenvalue weighted by molar-refractivity contribution is 6.29. The Morgan fingerprint density at radius 1 is 1.14 bits per heavy atom. The zero-order valence-electron chi connectivity index (χ0n) is 18.9. The van der Waals surface area contributed by atoms with E-state index in [2.05, 4.69) is 15.3 Å². The molecule has 0 saturated carbocycles. The number of aryl methyl sites for hydroxylation is 1. The number of pyridine rings is 2. The SMILES string of the molecule is Cc1cc([C@@H](C)Nc2ccc(Cl)nc2C(=O)O)c2oc(-c3cccc(C(F)F)n3)c(C)c(=O)c2c1. The number of carbonyl (C=O) groups is 1. The first-order chi connectivity index (χ1) is 16.6. The Bertz CT molecular complexity index is 1520. The summed E-state index contributed by atoms with van der Waals surface area (Å²) in [6.45, 7) is 5.14. The van der Waals surface area contributed by atoms with Crippen LogP contribution in [0.1, 0.15) is 52.3 Å². The summed E-state index contributed by atoms with van der Waals surface area (Å²) >= 11 is 5.85. The van der Waals surface area contributed by atoms with Gasteiger partial charge < -0.3 is 14.8 Å². The molecule has 0 aliphatic carbocycles. The molecule has 35 heavy (non-hydrogen) atoms. The summed E-state index contributed by atoms with van der Waals surface area (Å²) in [5, 5.41) is 12.9. The highest BCUT2D eigenvalue weighted by atomic mass is 35.5. The topological polar surface area (TPSA) is 105 Å². The molecule has 180 valence electrons. The van der Waals surface area contributed by atoms with Crippen molar-refractivity contribution in [1.29, 1.82) is 0 Å². The third kappa shape index (κ3) is 4.72. The fraction of sp³-hybridized carbons (Fsp3) is 0.200. The van der Waals surface area contributed by atoms with E-state index in [1.165, 1.54) is 30.3 Å².